The Balaban J connectivity index is 2.78. The van der Waals surface area contributed by atoms with Gasteiger partial charge in [0.1, 0.15) is 6.04 Å². The van der Waals surface area contributed by atoms with Crippen molar-refractivity contribution in [2.45, 2.75) is 39.8 Å². The van der Waals surface area contributed by atoms with Crippen molar-refractivity contribution in [2.24, 2.45) is 5.92 Å². The van der Waals surface area contributed by atoms with E-state index in [1.54, 1.807) is 6.07 Å². The van der Waals surface area contributed by atoms with Gasteiger partial charge in [0.25, 0.3) is 0 Å². The summed E-state index contributed by atoms with van der Waals surface area (Å²) in [4.78, 5) is 23.4. The summed E-state index contributed by atoms with van der Waals surface area (Å²) in [5.41, 5.74) is 0.854. The first-order valence-electron chi connectivity index (χ1n) is 6.64. The lowest BCUT2D eigenvalue weighted by atomic mass is 10.0. The summed E-state index contributed by atoms with van der Waals surface area (Å²) >= 11 is 6.11. The molecule has 4 nitrogen and oxygen atoms in total. The van der Waals surface area contributed by atoms with Gasteiger partial charge in [0, 0.05) is 11.9 Å². The number of nitrogens with one attached hydrogen (secondary N) is 2. The van der Waals surface area contributed by atoms with Crippen LogP contribution >= 0.6 is 11.6 Å². The van der Waals surface area contributed by atoms with Gasteiger partial charge in [-0.25, -0.2) is 0 Å². The molecule has 0 aliphatic heterocycles. The topological polar surface area (TPSA) is 58.2 Å². The van der Waals surface area contributed by atoms with Crippen LogP contribution in [-0.4, -0.2) is 17.9 Å². The first kappa shape index (κ1) is 16.5. The lowest BCUT2D eigenvalue weighted by molar-refractivity contribution is -0.129. The molecule has 0 bridgehead atoms. The third kappa shape index (κ3) is 4.53. The summed E-state index contributed by atoms with van der Waals surface area (Å²) in [6.07, 6.45) is 0. The number of hydrogen-bond acceptors (Lipinski definition) is 2. The maximum absolute atomic E-state index is 12.2. The highest BCUT2D eigenvalue weighted by Gasteiger charge is 2.24. The van der Waals surface area contributed by atoms with E-state index in [2.05, 4.69) is 10.6 Å². The van der Waals surface area contributed by atoms with Gasteiger partial charge in [-0.3, -0.25) is 9.59 Å². The van der Waals surface area contributed by atoms with Gasteiger partial charge in [-0.1, -0.05) is 43.6 Å². The Morgan fingerprint density at radius 2 is 1.70 bits per heavy atom. The summed E-state index contributed by atoms with van der Waals surface area (Å²) in [7, 11) is 0. The molecular formula is C15H21ClN2O2. The molecule has 0 fully saturated rings. The molecule has 1 aromatic rings. The van der Waals surface area contributed by atoms with Crippen molar-refractivity contribution in [1.82, 2.24) is 10.6 Å². The van der Waals surface area contributed by atoms with E-state index in [0.717, 1.165) is 5.56 Å². The Labute approximate surface area is 124 Å². The van der Waals surface area contributed by atoms with Crippen LogP contribution in [0.2, 0.25) is 5.02 Å². The smallest absolute Gasteiger partial charge is 0.243 e. The molecule has 0 aliphatic rings. The highest BCUT2D eigenvalue weighted by Crippen LogP contribution is 2.22. The number of carbonyl (C=O) groups is 2. The molecule has 0 unspecified atom stereocenters. The van der Waals surface area contributed by atoms with E-state index in [1.165, 1.54) is 6.92 Å². The van der Waals surface area contributed by atoms with Gasteiger partial charge in [0.05, 0.1) is 6.04 Å². The number of hydrogen-bond donors (Lipinski definition) is 2. The molecular weight excluding hydrogens is 276 g/mol. The largest absolute Gasteiger partial charge is 0.348 e. The van der Waals surface area contributed by atoms with E-state index in [0.29, 0.717) is 5.02 Å². The Bertz CT molecular complexity index is 489. The molecule has 0 aromatic heterocycles. The predicted octanol–water partition coefficient (Wildman–Crippen LogP) is 2.68. The second-order valence-corrected chi connectivity index (χ2v) is 5.58. The summed E-state index contributed by atoms with van der Waals surface area (Å²) < 4.78 is 0. The molecule has 0 saturated heterocycles. The van der Waals surface area contributed by atoms with Crippen molar-refractivity contribution in [3.63, 3.8) is 0 Å². The summed E-state index contributed by atoms with van der Waals surface area (Å²) in [5.74, 6) is -0.413. The van der Waals surface area contributed by atoms with Crippen molar-refractivity contribution in [1.29, 1.82) is 0 Å². The molecule has 0 heterocycles. The molecule has 0 saturated carbocycles. The first-order chi connectivity index (χ1) is 9.32. The molecule has 2 amide bonds. The van der Waals surface area contributed by atoms with E-state index in [-0.39, 0.29) is 23.8 Å². The summed E-state index contributed by atoms with van der Waals surface area (Å²) in [6.45, 7) is 7.05. The van der Waals surface area contributed by atoms with Crippen LogP contribution in [0.1, 0.15) is 39.3 Å². The lowest BCUT2D eigenvalue weighted by Crippen LogP contribution is -2.49. The molecule has 1 rings (SSSR count). The number of halogens is 1. The van der Waals surface area contributed by atoms with E-state index in [1.807, 2.05) is 39.0 Å². The second-order valence-electron chi connectivity index (χ2n) is 5.17. The lowest BCUT2D eigenvalue weighted by Gasteiger charge is -2.24. The number of rotatable bonds is 5. The van der Waals surface area contributed by atoms with Gasteiger partial charge in [-0.15, -0.1) is 0 Å². The first-order valence-corrected chi connectivity index (χ1v) is 7.02. The Morgan fingerprint density at radius 3 is 2.20 bits per heavy atom. The minimum absolute atomic E-state index is 0.0114. The van der Waals surface area contributed by atoms with Crippen molar-refractivity contribution in [3.05, 3.63) is 34.9 Å². The molecule has 2 atom stereocenters. The molecule has 0 spiro atoms. The molecule has 2 N–H and O–H groups in total. The fraction of sp³-hybridized carbons (Fsp3) is 0.467. The number of amides is 2. The minimum atomic E-state index is -0.544. The zero-order valence-corrected chi connectivity index (χ0v) is 13.0. The summed E-state index contributed by atoms with van der Waals surface area (Å²) in [5, 5.41) is 6.16. The zero-order chi connectivity index (χ0) is 15.3. The van der Waals surface area contributed by atoms with E-state index >= 15 is 0 Å². The van der Waals surface area contributed by atoms with Gasteiger partial charge in [0.2, 0.25) is 11.8 Å². The monoisotopic (exact) mass is 296 g/mol. The van der Waals surface area contributed by atoms with Crippen molar-refractivity contribution in [3.8, 4) is 0 Å². The molecule has 5 heteroatoms. The van der Waals surface area contributed by atoms with Gasteiger partial charge in [0.15, 0.2) is 0 Å². The van der Waals surface area contributed by atoms with E-state index in [9.17, 15) is 9.59 Å². The van der Waals surface area contributed by atoms with Crippen molar-refractivity contribution in [2.75, 3.05) is 0 Å². The van der Waals surface area contributed by atoms with Crippen LogP contribution in [-0.2, 0) is 9.59 Å². The third-order valence-electron chi connectivity index (χ3n) is 3.04. The molecule has 20 heavy (non-hydrogen) atoms. The van der Waals surface area contributed by atoms with E-state index in [4.69, 9.17) is 11.6 Å². The van der Waals surface area contributed by atoms with Gasteiger partial charge < -0.3 is 10.6 Å². The quantitative estimate of drug-likeness (QED) is 0.877. The van der Waals surface area contributed by atoms with Gasteiger partial charge >= 0.3 is 0 Å². The third-order valence-corrected chi connectivity index (χ3v) is 3.38. The molecule has 0 aliphatic carbocycles. The average molecular weight is 297 g/mol. The zero-order valence-electron chi connectivity index (χ0n) is 12.2. The SMILES string of the molecule is CC(=O)N[C@H](C(=O)N[C@H](C)c1ccccc1Cl)C(C)C. The average Bonchev–Trinajstić information content (AvgIpc) is 2.35. The Hall–Kier alpha value is -1.55. The van der Waals surface area contributed by atoms with Crippen LogP contribution in [0.25, 0.3) is 0 Å². The maximum atomic E-state index is 12.2. The maximum Gasteiger partial charge on any atom is 0.243 e. The molecule has 0 radical (unpaired) electrons. The van der Waals surface area contributed by atoms with Gasteiger partial charge in [-0.05, 0) is 24.5 Å². The van der Waals surface area contributed by atoms with Crippen LogP contribution in [0.3, 0.4) is 0 Å². The van der Waals surface area contributed by atoms with Crippen LogP contribution < -0.4 is 10.6 Å². The minimum Gasteiger partial charge on any atom is -0.348 e. The fourth-order valence-electron chi connectivity index (χ4n) is 1.96. The van der Waals surface area contributed by atoms with Crippen LogP contribution in [0, 0.1) is 5.92 Å². The highest BCUT2D eigenvalue weighted by atomic mass is 35.5. The number of benzene rings is 1. The Kier molecular flexibility index (Phi) is 6.02. The van der Waals surface area contributed by atoms with Crippen LogP contribution in [0.4, 0.5) is 0 Å². The Morgan fingerprint density at radius 1 is 1.10 bits per heavy atom. The second kappa shape index (κ2) is 7.29. The van der Waals surface area contributed by atoms with Gasteiger partial charge in [-0.2, -0.15) is 0 Å². The van der Waals surface area contributed by atoms with E-state index < -0.39 is 6.04 Å². The number of carbonyl (C=O) groups excluding carboxylic acids is 2. The highest BCUT2D eigenvalue weighted by molar-refractivity contribution is 6.31. The molecule has 110 valence electrons. The fourth-order valence-corrected chi connectivity index (χ4v) is 2.26. The van der Waals surface area contributed by atoms with Crippen LogP contribution in [0.15, 0.2) is 24.3 Å². The van der Waals surface area contributed by atoms with Crippen molar-refractivity contribution < 1.29 is 9.59 Å². The molecule has 1 aromatic carbocycles. The normalized spacial score (nSPS) is 13.7. The summed E-state index contributed by atoms with van der Waals surface area (Å²) in [6, 6.07) is 6.61. The predicted molar refractivity (Wildman–Crippen MR) is 80.5 cm³/mol. The standard InChI is InChI=1S/C15H21ClN2O2/c1-9(2)14(18-11(4)19)15(20)17-10(3)12-7-5-6-8-13(12)16/h5-10,14H,1-4H3,(H,17,20)(H,18,19)/t10-,14+/m1/s1. The van der Waals surface area contributed by atoms with Crippen molar-refractivity contribution >= 4 is 23.4 Å². The van der Waals surface area contributed by atoms with Crippen LogP contribution in [0.5, 0.6) is 0 Å².